The Kier molecular flexibility index (Phi) is 8.03. The molecule has 0 spiro atoms. The van der Waals surface area contributed by atoms with Crippen LogP contribution in [0.3, 0.4) is 0 Å². The summed E-state index contributed by atoms with van der Waals surface area (Å²) in [6.07, 6.45) is 6.85. The Morgan fingerprint density at radius 1 is 1.07 bits per heavy atom. The lowest BCUT2D eigenvalue weighted by molar-refractivity contribution is 0.0995. The molecule has 3 aromatic rings. The number of nitrogens with two attached hydrogens (primary N) is 1. The maximum Gasteiger partial charge on any atom is 0.268 e. The van der Waals surface area contributed by atoms with Gasteiger partial charge >= 0.3 is 0 Å². The minimum absolute atomic E-state index is 0.209. The number of aryl methyl sites for hydroxylation is 2. The highest BCUT2D eigenvalue weighted by molar-refractivity contribution is 5.90. The Morgan fingerprint density at radius 2 is 1.83 bits per heavy atom. The summed E-state index contributed by atoms with van der Waals surface area (Å²) in [4.78, 5) is 15.0. The molecule has 1 amide bonds. The topological polar surface area (TPSA) is 90.4 Å². The minimum Gasteiger partial charge on any atom is -0.493 e. The van der Waals surface area contributed by atoms with E-state index in [0.717, 1.165) is 37.0 Å². The predicted molar refractivity (Wildman–Crippen MR) is 116 cm³/mol. The van der Waals surface area contributed by atoms with Crippen molar-refractivity contribution < 1.29 is 14.6 Å². The fourth-order valence-electron chi connectivity index (χ4n) is 3.40. The molecule has 6 heteroatoms. The summed E-state index contributed by atoms with van der Waals surface area (Å²) >= 11 is 0. The summed E-state index contributed by atoms with van der Waals surface area (Å²) < 4.78 is 7.71. The highest BCUT2D eigenvalue weighted by Gasteiger charge is 2.10. The predicted octanol–water partition coefficient (Wildman–Crippen LogP) is 3.38. The first-order valence-electron chi connectivity index (χ1n) is 10.4. The first-order valence-corrected chi connectivity index (χ1v) is 10.4. The van der Waals surface area contributed by atoms with Crippen LogP contribution in [0.2, 0.25) is 0 Å². The van der Waals surface area contributed by atoms with Crippen LogP contribution in [0.4, 0.5) is 0 Å². The number of hydrogen-bond donors (Lipinski definition) is 2. The third-order valence-electron chi connectivity index (χ3n) is 4.97. The number of aliphatic hydroxyl groups is 1. The first kappa shape index (κ1) is 21.6. The van der Waals surface area contributed by atoms with Crippen molar-refractivity contribution in [3.8, 4) is 5.75 Å². The van der Waals surface area contributed by atoms with Crippen LogP contribution in [0, 0.1) is 0 Å². The number of para-hydroxylation sites is 1. The van der Waals surface area contributed by atoms with Gasteiger partial charge in [-0.25, -0.2) is 4.98 Å². The lowest BCUT2D eigenvalue weighted by Gasteiger charge is -2.13. The van der Waals surface area contributed by atoms with E-state index in [0.29, 0.717) is 19.6 Å². The summed E-state index contributed by atoms with van der Waals surface area (Å²) in [5.74, 6) is 0.351. The summed E-state index contributed by atoms with van der Waals surface area (Å²) in [7, 11) is 0. The zero-order valence-electron chi connectivity index (χ0n) is 17.1. The fraction of sp³-hybridized carbons (Fsp3) is 0.333. The van der Waals surface area contributed by atoms with Crippen molar-refractivity contribution in [2.45, 2.75) is 44.8 Å². The molecule has 1 aromatic heterocycles. The number of hydrogen-bond acceptors (Lipinski definition) is 4. The van der Waals surface area contributed by atoms with E-state index >= 15 is 0 Å². The van der Waals surface area contributed by atoms with E-state index in [-0.39, 0.29) is 5.69 Å². The number of aromatic nitrogens is 2. The minimum atomic E-state index is -0.566. The van der Waals surface area contributed by atoms with Crippen LogP contribution in [0.5, 0.6) is 5.75 Å². The van der Waals surface area contributed by atoms with E-state index in [1.165, 1.54) is 11.9 Å². The van der Waals surface area contributed by atoms with Gasteiger partial charge in [-0.1, -0.05) is 48.5 Å². The molecule has 0 radical (unpaired) electrons. The Balaban J connectivity index is 1.41. The molecule has 30 heavy (non-hydrogen) atoms. The van der Waals surface area contributed by atoms with Gasteiger partial charge in [-0.3, -0.25) is 4.79 Å². The first-order chi connectivity index (χ1) is 14.6. The van der Waals surface area contributed by atoms with Crippen LogP contribution in [-0.2, 0) is 19.4 Å². The van der Waals surface area contributed by atoms with Gasteiger partial charge in [0.2, 0.25) is 0 Å². The molecule has 0 fully saturated rings. The summed E-state index contributed by atoms with van der Waals surface area (Å²) in [5.41, 5.74) is 7.89. The van der Waals surface area contributed by atoms with Crippen LogP contribution < -0.4 is 10.5 Å². The van der Waals surface area contributed by atoms with Crippen molar-refractivity contribution in [1.82, 2.24) is 9.55 Å². The number of amides is 1. The molecule has 2 aromatic carbocycles. The fourth-order valence-corrected chi connectivity index (χ4v) is 3.40. The summed E-state index contributed by atoms with van der Waals surface area (Å²) in [5, 5.41) is 10.3. The standard InChI is InChI=1S/C24H29N3O3/c25-24(29)22-17-27(18-26-22)16-21(28)13-6-12-20-11-4-5-14-23(20)30-15-7-10-19-8-2-1-3-9-19/h1-5,8-9,11,14,17-18,21,28H,6-7,10,12-13,15-16H2,(H2,25,29). The number of carbonyl (C=O) groups is 1. The van der Waals surface area contributed by atoms with Gasteiger partial charge in [0.1, 0.15) is 11.4 Å². The lowest BCUT2D eigenvalue weighted by Crippen LogP contribution is -2.15. The van der Waals surface area contributed by atoms with Crippen molar-refractivity contribution in [3.63, 3.8) is 0 Å². The number of ether oxygens (including phenoxy) is 1. The summed E-state index contributed by atoms with van der Waals surface area (Å²) in [6.45, 7) is 1.06. The Bertz CT molecular complexity index is 924. The molecule has 158 valence electrons. The van der Waals surface area contributed by atoms with Gasteiger partial charge in [0.15, 0.2) is 0 Å². The molecule has 3 rings (SSSR count). The van der Waals surface area contributed by atoms with Crippen LogP contribution in [0.25, 0.3) is 0 Å². The molecule has 0 aliphatic carbocycles. The molecule has 1 heterocycles. The molecule has 6 nitrogen and oxygen atoms in total. The van der Waals surface area contributed by atoms with E-state index < -0.39 is 12.0 Å². The molecule has 0 bridgehead atoms. The van der Waals surface area contributed by atoms with Crippen LogP contribution in [-0.4, -0.2) is 33.3 Å². The summed E-state index contributed by atoms with van der Waals surface area (Å²) in [6, 6.07) is 18.5. The SMILES string of the molecule is NC(=O)c1cn(CC(O)CCCc2ccccc2OCCCc2ccccc2)cn1. The molecule has 0 aliphatic rings. The van der Waals surface area contributed by atoms with E-state index in [9.17, 15) is 9.90 Å². The monoisotopic (exact) mass is 407 g/mol. The van der Waals surface area contributed by atoms with E-state index in [4.69, 9.17) is 10.5 Å². The quantitative estimate of drug-likeness (QED) is 0.450. The van der Waals surface area contributed by atoms with Gasteiger partial charge in [0.25, 0.3) is 5.91 Å². The second-order valence-corrected chi connectivity index (χ2v) is 7.41. The molecule has 3 N–H and O–H groups in total. The third-order valence-corrected chi connectivity index (χ3v) is 4.97. The molecular formula is C24H29N3O3. The third kappa shape index (κ3) is 6.74. The van der Waals surface area contributed by atoms with Gasteiger partial charge in [-0.2, -0.15) is 0 Å². The van der Waals surface area contributed by atoms with Crippen LogP contribution in [0.1, 0.15) is 40.9 Å². The zero-order valence-corrected chi connectivity index (χ0v) is 17.1. The van der Waals surface area contributed by atoms with Gasteiger partial charge in [0, 0.05) is 12.7 Å². The molecule has 0 saturated heterocycles. The number of primary amides is 1. The molecular weight excluding hydrogens is 378 g/mol. The molecule has 1 atom stereocenters. The number of nitrogens with zero attached hydrogens (tertiary/aromatic N) is 2. The smallest absolute Gasteiger partial charge is 0.268 e. The molecule has 1 unspecified atom stereocenters. The Morgan fingerprint density at radius 3 is 2.60 bits per heavy atom. The second-order valence-electron chi connectivity index (χ2n) is 7.41. The maximum absolute atomic E-state index is 11.1. The number of rotatable bonds is 12. The van der Waals surface area contributed by atoms with Gasteiger partial charge in [-0.05, 0) is 49.3 Å². The maximum atomic E-state index is 11.1. The largest absolute Gasteiger partial charge is 0.493 e. The average molecular weight is 408 g/mol. The van der Waals surface area contributed by atoms with Crippen molar-refractivity contribution in [2.24, 2.45) is 5.73 Å². The average Bonchev–Trinajstić information content (AvgIpc) is 3.22. The van der Waals surface area contributed by atoms with Crippen molar-refractivity contribution in [1.29, 1.82) is 0 Å². The van der Waals surface area contributed by atoms with Crippen LogP contribution >= 0.6 is 0 Å². The Labute approximate surface area is 177 Å². The number of imidazole rings is 1. The number of aliphatic hydroxyl groups excluding tert-OH is 1. The van der Waals surface area contributed by atoms with E-state index in [2.05, 4.69) is 35.3 Å². The molecule has 0 aliphatic heterocycles. The van der Waals surface area contributed by atoms with Gasteiger partial charge in [0.05, 0.1) is 19.0 Å². The second kappa shape index (κ2) is 11.2. The van der Waals surface area contributed by atoms with Crippen molar-refractivity contribution in [2.75, 3.05) is 6.61 Å². The molecule has 0 saturated carbocycles. The zero-order chi connectivity index (χ0) is 21.2. The highest BCUT2D eigenvalue weighted by Crippen LogP contribution is 2.21. The Hall–Kier alpha value is -3.12. The van der Waals surface area contributed by atoms with Crippen LogP contribution in [0.15, 0.2) is 67.1 Å². The van der Waals surface area contributed by atoms with E-state index in [1.54, 1.807) is 10.8 Å². The van der Waals surface area contributed by atoms with Gasteiger partial charge in [-0.15, -0.1) is 0 Å². The van der Waals surface area contributed by atoms with Crippen molar-refractivity contribution in [3.05, 3.63) is 83.9 Å². The van der Waals surface area contributed by atoms with Gasteiger partial charge < -0.3 is 20.1 Å². The number of benzene rings is 2. The number of carbonyl (C=O) groups excluding carboxylic acids is 1. The lowest BCUT2D eigenvalue weighted by atomic mass is 10.0. The van der Waals surface area contributed by atoms with E-state index in [1.807, 2.05) is 24.3 Å². The van der Waals surface area contributed by atoms with Crippen molar-refractivity contribution >= 4 is 5.91 Å². The highest BCUT2D eigenvalue weighted by atomic mass is 16.5. The normalized spacial score (nSPS) is 11.9.